The highest BCUT2D eigenvalue weighted by Gasteiger charge is 2.04. The van der Waals surface area contributed by atoms with E-state index in [1.807, 2.05) is 31.2 Å². The molecule has 0 aliphatic heterocycles. The van der Waals surface area contributed by atoms with Crippen molar-refractivity contribution in [2.75, 3.05) is 19.7 Å². The van der Waals surface area contributed by atoms with Crippen LogP contribution in [0, 0.1) is 6.92 Å². The molecule has 18 heavy (non-hydrogen) atoms. The van der Waals surface area contributed by atoms with Crippen molar-refractivity contribution in [1.29, 1.82) is 0 Å². The van der Waals surface area contributed by atoms with Crippen molar-refractivity contribution < 1.29 is 9.84 Å². The lowest BCUT2D eigenvalue weighted by Gasteiger charge is -2.13. The van der Waals surface area contributed by atoms with Gasteiger partial charge in [-0.15, -0.1) is 0 Å². The predicted octanol–water partition coefficient (Wildman–Crippen LogP) is 2.51. The third kappa shape index (κ3) is 6.62. The highest BCUT2D eigenvalue weighted by Crippen LogP contribution is 2.11. The van der Waals surface area contributed by atoms with Gasteiger partial charge in [-0.05, 0) is 32.0 Å². The third-order valence-electron chi connectivity index (χ3n) is 2.80. The Morgan fingerprint density at radius 1 is 1.22 bits per heavy atom. The summed E-state index contributed by atoms with van der Waals surface area (Å²) in [5, 5.41) is 13.0. The maximum absolute atomic E-state index is 9.73. The quantitative estimate of drug-likeness (QED) is 0.663. The molecule has 0 aliphatic carbocycles. The fraction of sp³-hybridized carbons (Fsp3) is 0.600. The first-order valence-corrected chi connectivity index (χ1v) is 6.80. The Morgan fingerprint density at radius 2 is 1.94 bits per heavy atom. The number of aliphatic hydroxyl groups excluding tert-OH is 1. The van der Waals surface area contributed by atoms with Crippen LogP contribution in [-0.4, -0.2) is 30.9 Å². The van der Waals surface area contributed by atoms with Crippen molar-refractivity contribution >= 4 is 0 Å². The monoisotopic (exact) mass is 251 g/mol. The van der Waals surface area contributed by atoms with Gasteiger partial charge in [-0.25, -0.2) is 0 Å². The van der Waals surface area contributed by atoms with Crippen LogP contribution in [0.4, 0.5) is 0 Å². The summed E-state index contributed by atoms with van der Waals surface area (Å²) >= 11 is 0. The van der Waals surface area contributed by atoms with Crippen molar-refractivity contribution in [1.82, 2.24) is 5.32 Å². The Hall–Kier alpha value is -1.06. The number of unbranched alkanes of at least 4 members (excludes halogenated alkanes) is 2. The molecule has 0 radical (unpaired) electrons. The van der Waals surface area contributed by atoms with Crippen LogP contribution in [0.5, 0.6) is 5.75 Å². The third-order valence-corrected chi connectivity index (χ3v) is 2.80. The summed E-state index contributed by atoms with van der Waals surface area (Å²) in [5.74, 6) is 0.811. The zero-order valence-corrected chi connectivity index (χ0v) is 11.5. The first kappa shape index (κ1) is 15.0. The molecule has 1 aromatic rings. The summed E-state index contributed by atoms with van der Waals surface area (Å²) in [6, 6.07) is 7.86. The number of hydrogen-bond acceptors (Lipinski definition) is 3. The number of aliphatic hydroxyl groups is 1. The number of rotatable bonds is 9. The van der Waals surface area contributed by atoms with Gasteiger partial charge in [-0.1, -0.05) is 37.5 Å². The summed E-state index contributed by atoms with van der Waals surface area (Å²) in [5.41, 5.74) is 1.21. The SMILES string of the molecule is CCCCCNCC(O)COc1ccc(C)cc1. The van der Waals surface area contributed by atoms with E-state index in [0.29, 0.717) is 13.2 Å². The van der Waals surface area contributed by atoms with Crippen LogP contribution in [0.25, 0.3) is 0 Å². The lowest BCUT2D eigenvalue weighted by atomic mass is 10.2. The first-order chi connectivity index (χ1) is 8.72. The molecule has 3 nitrogen and oxygen atoms in total. The molecular formula is C15H25NO2. The Morgan fingerprint density at radius 3 is 2.61 bits per heavy atom. The summed E-state index contributed by atoms with van der Waals surface area (Å²) in [6.45, 7) is 6.12. The number of nitrogens with one attached hydrogen (secondary N) is 1. The van der Waals surface area contributed by atoms with Crippen LogP contribution in [0.3, 0.4) is 0 Å². The second-order valence-electron chi connectivity index (χ2n) is 4.69. The van der Waals surface area contributed by atoms with Crippen LogP contribution in [-0.2, 0) is 0 Å². The molecule has 2 N–H and O–H groups in total. The van der Waals surface area contributed by atoms with E-state index in [0.717, 1.165) is 12.3 Å². The number of hydrogen-bond donors (Lipinski definition) is 2. The summed E-state index contributed by atoms with van der Waals surface area (Å²) < 4.78 is 5.51. The zero-order chi connectivity index (χ0) is 13.2. The molecule has 3 heteroatoms. The van der Waals surface area contributed by atoms with E-state index in [-0.39, 0.29) is 0 Å². The van der Waals surface area contributed by atoms with E-state index < -0.39 is 6.10 Å². The minimum atomic E-state index is -0.451. The molecule has 102 valence electrons. The van der Waals surface area contributed by atoms with Crippen molar-refractivity contribution in [3.8, 4) is 5.75 Å². The normalized spacial score (nSPS) is 12.4. The standard InChI is InChI=1S/C15H25NO2/c1-3-4-5-10-16-11-14(17)12-18-15-8-6-13(2)7-9-15/h6-9,14,16-17H,3-5,10-12H2,1-2H3. The average Bonchev–Trinajstić information content (AvgIpc) is 2.38. The highest BCUT2D eigenvalue weighted by molar-refractivity contribution is 5.26. The van der Waals surface area contributed by atoms with Crippen molar-refractivity contribution in [2.45, 2.75) is 39.2 Å². The van der Waals surface area contributed by atoms with Crippen LogP contribution in [0.2, 0.25) is 0 Å². The van der Waals surface area contributed by atoms with Gasteiger partial charge in [0, 0.05) is 6.54 Å². The van der Waals surface area contributed by atoms with Crippen LogP contribution < -0.4 is 10.1 Å². The Balaban J connectivity index is 2.09. The smallest absolute Gasteiger partial charge is 0.119 e. The first-order valence-electron chi connectivity index (χ1n) is 6.80. The van der Waals surface area contributed by atoms with E-state index in [1.165, 1.54) is 24.8 Å². The lowest BCUT2D eigenvalue weighted by molar-refractivity contribution is 0.106. The molecule has 1 atom stereocenters. The van der Waals surface area contributed by atoms with Gasteiger partial charge < -0.3 is 15.2 Å². The van der Waals surface area contributed by atoms with Crippen LogP contribution in [0.1, 0.15) is 31.7 Å². The Kier molecular flexibility index (Phi) is 7.46. The molecule has 0 spiro atoms. The van der Waals surface area contributed by atoms with Crippen LogP contribution >= 0.6 is 0 Å². The fourth-order valence-corrected chi connectivity index (χ4v) is 1.65. The van der Waals surface area contributed by atoms with E-state index in [1.54, 1.807) is 0 Å². The summed E-state index contributed by atoms with van der Waals surface area (Å²) in [7, 11) is 0. The Labute approximate surface area is 110 Å². The van der Waals surface area contributed by atoms with Gasteiger partial charge in [0.15, 0.2) is 0 Å². The van der Waals surface area contributed by atoms with Crippen molar-refractivity contribution in [3.63, 3.8) is 0 Å². The summed E-state index contributed by atoms with van der Waals surface area (Å²) in [6.07, 6.45) is 3.18. The number of ether oxygens (including phenoxy) is 1. The second kappa shape index (κ2) is 8.95. The topological polar surface area (TPSA) is 41.5 Å². The molecule has 0 saturated heterocycles. The molecule has 1 aromatic carbocycles. The minimum Gasteiger partial charge on any atom is -0.491 e. The van der Waals surface area contributed by atoms with E-state index in [2.05, 4.69) is 12.2 Å². The number of aryl methyl sites for hydroxylation is 1. The maximum atomic E-state index is 9.73. The molecule has 0 bridgehead atoms. The molecule has 0 aromatic heterocycles. The molecule has 1 rings (SSSR count). The minimum absolute atomic E-state index is 0.337. The van der Waals surface area contributed by atoms with Crippen LogP contribution in [0.15, 0.2) is 24.3 Å². The Bertz CT molecular complexity index is 311. The summed E-state index contributed by atoms with van der Waals surface area (Å²) in [4.78, 5) is 0. The van der Waals surface area contributed by atoms with Gasteiger partial charge in [0.1, 0.15) is 18.5 Å². The fourth-order valence-electron chi connectivity index (χ4n) is 1.65. The maximum Gasteiger partial charge on any atom is 0.119 e. The molecule has 0 saturated carbocycles. The van der Waals surface area contributed by atoms with Gasteiger partial charge >= 0.3 is 0 Å². The molecule has 0 aliphatic rings. The zero-order valence-electron chi connectivity index (χ0n) is 11.5. The molecule has 0 amide bonds. The molecule has 0 fully saturated rings. The van der Waals surface area contributed by atoms with Gasteiger partial charge in [-0.2, -0.15) is 0 Å². The molecule has 0 heterocycles. The predicted molar refractivity (Wildman–Crippen MR) is 75.1 cm³/mol. The largest absolute Gasteiger partial charge is 0.491 e. The van der Waals surface area contributed by atoms with Gasteiger partial charge in [-0.3, -0.25) is 0 Å². The van der Waals surface area contributed by atoms with E-state index >= 15 is 0 Å². The second-order valence-corrected chi connectivity index (χ2v) is 4.69. The average molecular weight is 251 g/mol. The van der Waals surface area contributed by atoms with Gasteiger partial charge in [0.05, 0.1) is 0 Å². The molecular weight excluding hydrogens is 226 g/mol. The van der Waals surface area contributed by atoms with Crippen molar-refractivity contribution in [3.05, 3.63) is 29.8 Å². The molecule has 1 unspecified atom stereocenters. The lowest BCUT2D eigenvalue weighted by Crippen LogP contribution is -2.32. The van der Waals surface area contributed by atoms with Crippen molar-refractivity contribution in [2.24, 2.45) is 0 Å². The van der Waals surface area contributed by atoms with Gasteiger partial charge in [0.25, 0.3) is 0 Å². The highest BCUT2D eigenvalue weighted by atomic mass is 16.5. The van der Waals surface area contributed by atoms with E-state index in [4.69, 9.17) is 4.74 Å². The van der Waals surface area contributed by atoms with Gasteiger partial charge in [0.2, 0.25) is 0 Å². The number of benzene rings is 1. The van der Waals surface area contributed by atoms with E-state index in [9.17, 15) is 5.11 Å².